The SMILES string of the molecule is CCCCCCC/C=C/CCCCCCCC1NC=CN1CCO. The summed E-state index contributed by atoms with van der Waals surface area (Å²) in [7, 11) is 0. The summed E-state index contributed by atoms with van der Waals surface area (Å²) in [6, 6.07) is 0. The standard InChI is InChI=1S/C21H40N2O/c1-2-3-4-5-6-7-8-9-10-11-12-13-14-15-16-21-22-17-18-23(21)19-20-24/h8-9,17-18,21-22,24H,2-7,10-16,19-20H2,1H3/b9-8+. The van der Waals surface area contributed by atoms with Gasteiger partial charge in [0.25, 0.3) is 0 Å². The lowest BCUT2D eigenvalue weighted by atomic mass is 10.1. The van der Waals surface area contributed by atoms with Gasteiger partial charge >= 0.3 is 0 Å². The van der Waals surface area contributed by atoms with Gasteiger partial charge in [0.05, 0.1) is 12.8 Å². The summed E-state index contributed by atoms with van der Waals surface area (Å²) in [6.45, 7) is 3.24. The molecule has 2 N–H and O–H groups in total. The molecule has 0 aliphatic carbocycles. The number of nitrogens with zero attached hydrogens (tertiary/aromatic N) is 1. The number of hydrogen-bond donors (Lipinski definition) is 2. The van der Waals surface area contributed by atoms with Crippen molar-refractivity contribution < 1.29 is 5.11 Å². The normalized spacial score (nSPS) is 17.1. The Hall–Kier alpha value is -0.960. The fourth-order valence-electron chi connectivity index (χ4n) is 3.28. The average Bonchev–Trinajstić information content (AvgIpc) is 3.03. The molecule has 0 aromatic heterocycles. The number of aliphatic hydroxyl groups excluding tert-OH is 1. The van der Waals surface area contributed by atoms with E-state index in [0.717, 1.165) is 6.54 Å². The fraction of sp³-hybridized carbons (Fsp3) is 0.810. The van der Waals surface area contributed by atoms with E-state index in [4.69, 9.17) is 5.11 Å². The number of rotatable bonds is 16. The first-order valence-electron chi connectivity index (χ1n) is 10.3. The molecule has 1 unspecified atom stereocenters. The minimum absolute atomic E-state index is 0.231. The van der Waals surface area contributed by atoms with Crippen molar-refractivity contribution in [2.75, 3.05) is 13.2 Å². The number of unbranched alkanes of at least 4 members (excludes halogenated alkanes) is 10. The Balaban J connectivity index is 1.82. The van der Waals surface area contributed by atoms with Crippen molar-refractivity contribution >= 4 is 0 Å². The smallest absolute Gasteiger partial charge is 0.0982 e. The van der Waals surface area contributed by atoms with Crippen molar-refractivity contribution in [1.29, 1.82) is 0 Å². The van der Waals surface area contributed by atoms with Crippen molar-refractivity contribution in [1.82, 2.24) is 10.2 Å². The third kappa shape index (κ3) is 10.7. The Bertz CT molecular complexity index is 328. The Kier molecular flexibility index (Phi) is 13.7. The van der Waals surface area contributed by atoms with Crippen LogP contribution in [0.25, 0.3) is 0 Å². The minimum Gasteiger partial charge on any atom is -0.395 e. The van der Waals surface area contributed by atoms with Gasteiger partial charge in [0.1, 0.15) is 0 Å². The first-order chi connectivity index (χ1) is 11.9. The van der Waals surface area contributed by atoms with Crippen molar-refractivity contribution in [2.24, 2.45) is 0 Å². The lowest BCUT2D eigenvalue weighted by molar-refractivity contribution is 0.194. The highest BCUT2D eigenvalue weighted by Crippen LogP contribution is 2.14. The first-order valence-corrected chi connectivity index (χ1v) is 10.3. The molecular formula is C21H40N2O. The van der Waals surface area contributed by atoms with E-state index in [-0.39, 0.29) is 6.61 Å². The van der Waals surface area contributed by atoms with Crippen LogP contribution in [0, 0.1) is 0 Å². The molecule has 1 heterocycles. The van der Waals surface area contributed by atoms with E-state index in [2.05, 4.69) is 35.5 Å². The van der Waals surface area contributed by atoms with Gasteiger partial charge in [-0.05, 0) is 38.5 Å². The first kappa shape index (κ1) is 21.1. The second-order valence-corrected chi connectivity index (χ2v) is 6.98. The van der Waals surface area contributed by atoms with Gasteiger partial charge in [-0.25, -0.2) is 0 Å². The average molecular weight is 337 g/mol. The van der Waals surface area contributed by atoms with Crippen LogP contribution in [0.4, 0.5) is 0 Å². The maximum absolute atomic E-state index is 9.03. The number of β-amino-alcohol motifs (C(OH)–C–C–N with tert-alkyl or cyclic N) is 1. The summed E-state index contributed by atoms with van der Waals surface area (Å²) in [5.74, 6) is 0. The molecule has 0 fully saturated rings. The monoisotopic (exact) mass is 336 g/mol. The van der Waals surface area contributed by atoms with Crippen LogP contribution in [0.15, 0.2) is 24.6 Å². The zero-order valence-corrected chi connectivity index (χ0v) is 15.9. The van der Waals surface area contributed by atoms with E-state index in [9.17, 15) is 0 Å². The van der Waals surface area contributed by atoms with Crippen LogP contribution >= 0.6 is 0 Å². The molecule has 0 aromatic carbocycles. The molecule has 24 heavy (non-hydrogen) atoms. The van der Waals surface area contributed by atoms with Gasteiger partial charge in [-0.2, -0.15) is 0 Å². The van der Waals surface area contributed by atoms with Gasteiger partial charge in [0, 0.05) is 18.9 Å². The third-order valence-corrected chi connectivity index (χ3v) is 4.80. The second kappa shape index (κ2) is 15.6. The number of hydrogen-bond acceptors (Lipinski definition) is 3. The molecule has 1 rings (SSSR count). The maximum Gasteiger partial charge on any atom is 0.0982 e. The molecule has 0 spiro atoms. The lowest BCUT2D eigenvalue weighted by Gasteiger charge is -2.24. The van der Waals surface area contributed by atoms with Crippen molar-refractivity contribution in [2.45, 2.75) is 96.6 Å². The Morgan fingerprint density at radius 1 is 0.917 bits per heavy atom. The molecule has 1 aliphatic heterocycles. The van der Waals surface area contributed by atoms with Gasteiger partial charge in [0.15, 0.2) is 0 Å². The summed E-state index contributed by atoms with van der Waals surface area (Å²) < 4.78 is 0. The summed E-state index contributed by atoms with van der Waals surface area (Å²) in [5.41, 5.74) is 0. The molecule has 3 heteroatoms. The van der Waals surface area contributed by atoms with E-state index >= 15 is 0 Å². The third-order valence-electron chi connectivity index (χ3n) is 4.80. The molecule has 0 amide bonds. The molecule has 0 aromatic rings. The molecule has 0 radical (unpaired) electrons. The van der Waals surface area contributed by atoms with Crippen LogP contribution in [-0.4, -0.2) is 29.3 Å². The van der Waals surface area contributed by atoms with Gasteiger partial charge in [-0.3, -0.25) is 0 Å². The number of aliphatic hydroxyl groups is 1. The Morgan fingerprint density at radius 2 is 1.54 bits per heavy atom. The Labute approximate surface area is 150 Å². The summed E-state index contributed by atoms with van der Waals surface area (Å²) in [6.07, 6.45) is 26.5. The molecule has 0 bridgehead atoms. The van der Waals surface area contributed by atoms with Gasteiger partial charge in [-0.15, -0.1) is 0 Å². The summed E-state index contributed by atoms with van der Waals surface area (Å²) in [4.78, 5) is 2.20. The predicted octanol–water partition coefficient (Wildman–Crippen LogP) is 5.33. The molecule has 1 aliphatic rings. The van der Waals surface area contributed by atoms with Crippen LogP contribution in [-0.2, 0) is 0 Å². The summed E-state index contributed by atoms with van der Waals surface area (Å²) >= 11 is 0. The van der Waals surface area contributed by atoms with E-state index in [1.807, 2.05) is 6.20 Å². The number of allylic oxidation sites excluding steroid dienone is 2. The quantitative estimate of drug-likeness (QED) is 0.295. The highest BCUT2D eigenvalue weighted by molar-refractivity contribution is 4.93. The largest absolute Gasteiger partial charge is 0.395 e. The zero-order valence-electron chi connectivity index (χ0n) is 15.9. The van der Waals surface area contributed by atoms with Crippen LogP contribution < -0.4 is 5.32 Å². The van der Waals surface area contributed by atoms with Gasteiger partial charge in [-0.1, -0.05) is 64.0 Å². The predicted molar refractivity (Wildman–Crippen MR) is 105 cm³/mol. The second-order valence-electron chi connectivity index (χ2n) is 6.98. The van der Waals surface area contributed by atoms with Crippen molar-refractivity contribution in [3.63, 3.8) is 0 Å². The molecule has 0 saturated heterocycles. The fourth-order valence-corrected chi connectivity index (χ4v) is 3.28. The topological polar surface area (TPSA) is 35.5 Å². The molecule has 1 atom stereocenters. The highest BCUT2D eigenvalue weighted by atomic mass is 16.3. The van der Waals surface area contributed by atoms with Crippen LogP contribution in [0.2, 0.25) is 0 Å². The van der Waals surface area contributed by atoms with Gasteiger partial charge in [0.2, 0.25) is 0 Å². The van der Waals surface area contributed by atoms with Crippen molar-refractivity contribution in [3.05, 3.63) is 24.6 Å². The van der Waals surface area contributed by atoms with E-state index in [0.29, 0.717) is 6.17 Å². The number of nitrogens with one attached hydrogen (secondary N) is 1. The van der Waals surface area contributed by atoms with Crippen LogP contribution in [0.1, 0.15) is 90.4 Å². The highest BCUT2D eigenvalue weighted by Gasteiger charge is 2.16. The van der Waals surface area contributed by atoms with Crippen molar-refractivity contribution in [3.8, 4) is 0 Å². The Morgan fingerprint density at radius 3 is 2.21 bits per heavy atom. The molecule has 140 valence electrons. The van der Waals surface area contributed by atoms with Crippen LogP contribution in [0.3, 0.4) is 0 Å². The lowest BCUT2D eigenvalue weighted by Crippen LogP contribution is -2.36. The summed E-state index contributed by atoms with van der Waals surface area (Å²) in [5, 5.41) is 12.4. The van der Waals surface area contributed by atoms with Gasteiger partial charge < -0.3 is 15.3 Å². The molecule has 0 saturated carbocycles. The zero-order chi connectivity index (χ0) is 17.3. The maximum atomic E-state index is 9.03. The van der Waals surface area contributed by atoms with E-state index in [1.165, 1.54) is 83.5 Å². The molecule has 3 nitrogen and oxygen atoms in total. The van der Waals surface area contributed by atoms with E-state index in [1.54, 1.807) is 0 Å². The molecular weight excluding hydrogens is 296 g/mol. The van der Waals surface area contributed by atoms with Crippen LogP contribution in [0.5, 0.6) is 0 Å². The van der Waals surface area contributed by atoms with E-state index < -0.39 is 0 Å². The minimum atomic E-state index is 0.231.